The summed E-state index contributed by atoms with van der Waals surface area (Å²) in [4.78, 5) is 4.88. The molecule has 0 saturated carbocycles. The maximum atomic E-state index is 6.05. The number of likely N-dealkylation sites (N-methyl/N-ethyl adjacent to an activating group) is 2. The zero-order valence-electron chi connectivity index (χ0n) is 11.2. The van der Waals surface area contributed by atoms with Gasteiger partial charge in [0, 0.05) is 30.4 Å². The largest absolute Gasteiger partial charge is 0.329 e. The van der Waals surface area contributed by atoms with Crippen LogP contribution in [0.15, 0.2) is 0 Å². The Bertz CT molecular complexity index is 202. The summed E-state index contributed by atoms with van der Waals surface area (Å²) >= 11 is 2.05. The van der Waals surface area contributed by atoms with E-state index in [-0.39, 0.29) is 5.54 Å². The summed E-state index contributed by atoms with van der Waals surface area (Å²) < 4.78 is 0. The van der Waals surface area contributed by atoms with Crippen molar-refractivity contribution in [3.8, 4) is 0 Å². The minimum absolute atomic E-state index is 0.259. The van der Waals surface area contributed by atoms with Crippen LogP contribution in [-0.2, 0) is 0 Å². The third-order valence-electron chi connectivity index (χ3n) is 3.57. The number of nitrogens with two attached hydrogens (primary N) is 1. The van der Waals surface area contributed by atoms with Crippen molar-refractivity contribution in [1.29, 1.82) is 0 Å². The Morgan fingerprint density at radius 3 is 2.50 bits per heavy atom. The van der Waals surface area contributed by atoms with Crippen molar-refractivity contribution >= 4 is 11.8 Å². The van der Waals surface area contributed by atoms with Crippen LogP contribution in [0.4, 0.5) is 0 Å². The average Bonchev–Trinajstić information content (AvgIpc) is 2.67. The summed E-state index contributed by atoms with van der Waals surface area (Å²) in [5.41, 5.74) is 6.30. The van der Waals surface area contributed by atoms with Gasteiger partial charge < -0.3 is 10.6 Å². The minimum Gasteiger partial charge on any atom is -0.329 e. The van der Waals surface area contributed by atoms with Crippen molar-refractivity contribution in [2.75, 3.05) is 45.2 Å². The van der Waals surface area contributed by atoms with Crippen LogP contribution in [0.2, 0.25) is 0 Å². The molecule has 2 unspecified atom stereocenters. The molecule has 4 heteroatoms. The first-order valence-corrected chi connectivity index (χ1v) is 7.40. The van der Waals surface area contributed by atoms with Crippen LogP contribution in [0.5, 0.6) is 0 Å². The smallest absolute Gasteiger partial charge is 0.0432 e. The van der Waals surface area contributed by atoms with Gasteiger partial charge in [0.25, 0.3) is 0 Å². The molecule has 0 spiro atoms. The van der Waals surface area contributed by atoms with E-state index in [2.05, 4.69) is 49.5 Å². The zero-order valence-corrected chi connectivity index (χ0v) is 12.0. The monoisotopic (exact) mass is 245 g/mol. The van der Waals surface area contributed by atoms with Gasteiger partial charge in [0.2, 0.25) is 0 Å². The first-order valence-electron chi connectivity index (χ1n) is 6.25. The van der Waals surface area contributed by atoms with Crippen LogP contribution in [0.3, 0.4) is 0 Å². The average molecular weight is 245 g/mol. The van der Waals surface area contributed by atoms with E-state index in [1.54, 1.807) is 0 Å². The normalized spacial score (nSPS) is 27.9. The summed E-state index contributed by atoms with van der Waals surface area (Å²) in [6.45, 7) is 7.59. The Labute approximate surface area is 105 Å². The molecule has 0 aromatic rings. The second kappa shape index (κ2) is 6.24. The lowest BCUT2D eigenvalue weighted by atomic mass is 9.94. The SMILES string of the molecule is CCN(C(C)CN(C)C)C1(CN)CCSC1. The Balaban J connectivity index is 2.70. The second-order valence-corrected chi connectivity index (χ2v) is 6.23. The van der Waals surface area contributed by atoms with Gasteiger partial charge in [-0.15, -0.1) is 0 Å². The Morgan fingerprint density at radius 2 is 2.12 bits per heavy atom. The summed E-state index contributed by atoms with van der Waals surface area (Å²) in [6, 6.07) is 0.585. The molecule has 16 heavy (non-hydrogen) atoms. The Kier molecular flexibility index (Phi) is 5.57. The molecule has 1 aliphatic rings. The van der Waals surface area contributed by atoms with Gasteiger partial charge in [-0.1, -0.05) is 6.92 Å². The van der Waals surface area contributed by atoms with E-state index in [0.717, 1.165) is 19.6 Å². The van der Waals surface area contributed by atoms with E-state index in [1.165, 1.54) is 17.9 Å². The Hall–Kier alpha value is 0.230. The molecule has 2 atom stereocenters. The van der Waals surface area contributed by atoms with Crippen molar-refractivity contribution < 1.29 is 0 Å². The van der Waals surface area contributed by atoms with Gasteiger partial charge in [0.1, 0.15) is 0 Å². The molecule has 2 N–H and O–H groups in total. The van der Waals surface area contributed by atoms with Crippen LogP contribution in [0.1, 0.15) is 20.3 Å². The van der Waals surface area contributed by atoms with Gasteiger partial charge in [0.15, 0.2) is 0 Å². The lowest BCUT2D eigenvalue weighted by Gasteiger charge is -2.44. The zero-order chi connectivity index (χ0) is 12.2. The summed E-state index contributed by atoms with van der Waals surface area (Å²) in [5, 5.41) is 0. The van der Waals surface area contributed by atoms with Crippen molar-refractivity contribution in [2.45, 2.75) is 31.8 Å². The fraction of sp³-hybridized carbons (Fsp3) is 1.00. The van der Waals surface area contributed by atoms with Gasteiger partial charge in [-0.05, 0) is 39.7 Å². The van der Waals surface area contributed by atoms with E-state index in [4.69, 9.17) is 5.73 Å². The minimum atomic E-state index is 0.259. The standard InChI is InChI=1S/C12H27N3S/c1-5-15(11(2)8-14(3)4)12(9-13)6-7-16-10-12/h11H,5-10,13H2,1-4H3. The Morgan fingerprint density at radius 1 is 1.44 bits per heavy atom. The molecule has 1 rings (SSSR count). The molecular formula is C12H27N3S. The maximum absolute atomic E-state index is 6.05. The second-order valence-electron chi connectivity index (χ2n) is 5.13. The molecule has 0 aromatic heterocycles. The summed E-state index contributed by atoms with van der Waals surface area (Å²) in [5.74, 6) is 2.47. The predicted molar refractivity (Wildman–Crippen MR) is 74.1 cm³/mol. The highest BCUT2D eigenvalue weighted by Gasteiger charge is 2.40. The first kappa shape index (κ1) is 14.3. The molecule has 1 fully saturated rings. The van der Waals surface area contributed by atoms with Crippen molar-refractivity contribution in [1.82, 2.24) is 9.80 Å². The number of thioether (sulfide) groups is 1. The van der Waals surface area contributed by atoms with Gasteiger partial charge >= 0.3 is 0 Å². The number of hydrogen-bond donors (Lipinski definition) is 1. The summed E-state index contributed by atoms with van der Waals surface area (Å²) in [6.07, 6.45) is 1.25. The van der Waals surface area contributed by atoms with Gasteiger partial charge in [-0.25, -0.2) is 0 Å². The number of rotatable bonds is 6. The lowest BCUT2D eigenvalue weighted by Crippen LogP contribution is -2.59. The third-order valence-corrected chi connectivity index (χ3v) is 4.81. The van der Waals surface area contributed by atoms with Crippen molar-refractivity contribution in [3.63, 3.8) is 0 Å². The van der Waals surface area contributed by atoms with E-state index < -0.39 is 0 Å². The van der Waals surface area contributed by atoms with Crippen molar-refractivity contribution in [3.05, 3.63) is 0 Å². The van der Waals surface area contributed by atoms with Crippen LogP contribution < -0.4 is 5.73 Å². The predicted octanol–water partition coefficient (Wildman–Crippen LogP) is 1.09. The fourth-order valence-corrected chi connectivity index (χ4v) is 4.32. The highest BCUT2D eigenvalue weighted by molar-refractivity contribution is 7.99. The lowest BCUT2D eigenvalue weighted by molar-refractivity contribution is 0.0665. The molecule has 0 aliphatic carbocycles. The molecule has 0 aromatic carbocycles. The maximum Gasteiger partial charge on any atom is 0.0432 e. The van der Waals surface area contributed by atoms with Gasteiger partial charge in [-0.3, -0.25) is 4.90 Å². The van der Waals surface area contributed by atoms with E-state index in [0.29, 0.717) is 6.04 Å². The number of nitrogens with zero attached hydrogens (tertiary/aromatic N) is 2. The third kappa shape index (κ3) is 3.13. The van der Waals surface area contributed by atoms with E-state index in [1.807, 2.05) is 0 Å². The first-order chi connectivity index (χ1) is 7.55. The fourth-order valence-electron chi connectivity index (χ4n) is 2.84. The van der Waals surface area contributed by atoms with E-state index in [9.17, 15) is 0 Å². The molecule has 96 valence electrons. The topological polar surface area (TPSA) is 32.5 Å². The van der Waals surface area contributed by atoms with Crippen LogP contribution >= 0.6 is 11.8 Å². The molecular weight excluding hydrogens is 218 g/mol. The molecule has 1 heterocycles. The molecule has 0 amide bonds. The molecule has 3 nitrogen and oxygen atoms in total. The molecule has 1 saturated heterocycles. The highest BCUT2D eigenvalue weighted by Crippen LogP contribution is 2.33. The molecule has 1 aliphatic heterocycles. The van der Waals surface area contributed by atoms with E-state index >= 15 is 0 Å². The summed E-state index contributed by atoms with van der Waals surface area (Å²) in [7, 11) is 4.28. The van der Waals surface area contributed by atoms with Gasteiger partial charge in [0.05, 0.1) is 0 Å². The van der Waals surface area contributed by atoms with Crippen LogP contribution in [-0.4, -0.2) is 66.6 Å². The van der Waals surface area contributed by atoms with Gasteiger partial charge in [-0.2, -0.15) is 11.8 Å². The quantitative estimate of drug-likeness (QED) is 0.759. The highest BCUT2D eigenvalue weighted by atomic mass is 32.2. The number of hydrogen-bond acceptors (Lipinski definition) is 4. The molecule has 0 bridgehead atoms. The van der Waals surface area contributed by atoms with Crippen LogP contribution in [0.25, 0.3) is 0 Å². The van der Waals surface area contributed by atoms with Crippen LogP contribution in [0, 0.1) is 0 Å². The van der Waals surface area contributed by atoms with Crippen molar-refractivity contribution in [2.24, 2.45) is 5.73 Å². The molecule has 0 radical (unpaired) electrons.